The number of hydrogen-bond acceptors (Lipinski definition) is 5. The van der Waals surface area contributed by atoms with Crippen molar-refractivity contribution < 1.29 is 33.8 Å². The molecule has 2 amide bonds. The fourth-order valence-corrected chi connectivity index (χ4v) is 1.90. The van der Waals surface area contributed by atoms with Gasteiger partial charge in [0, 0.05) is 5.56 Å². The Morgan fingerprint density at radius 3 is 2.50 bits per heavy atom. The SMILES string of the molecule is [N-]=[N+]=C(C(=O)O)C(=O)CO[C@H]1NC(=O)[C@@H]1NC(=O)c1ccccc1. The third-order valence-electron chi connectivity index (χ3n) is 3.15. The van der Waals surface area contributed by atoms with Crippen molar-refractivity contribution in [1.82, 2.24) is 10.6 Å². The molecule has 1 heterocycles. The molecule has 3 N–H and O–H groups in total. The molecule has 1 aromatic carbocycles. The lowest BCUT2D eigenvalue weighted by atomic mass is 10.1. The zero-order valence-electron chi connectivity index (χ0n) is 12.1. The number of carbonyl (C=O) groups excluding carboxylic acids is 3. The highest BCUT2D eigenvalue weighted by Crippen LogP contribution is 2.10. The Morgan fingerprint density at radius 1 is 1.29 bits per heavy atom. The number of aliphatic carboxylic acids is 1. The molecular formula is C14H12N4O6. The van der Waals surface area contributed by atoms with Gasteiger partial charge < -0.3 is 26.0 Å². The highest BCUT2D eigenvalue weighted by atomic mass is 16.5. The molecule has 2 rings (SSSR count). The Kier molecular flexibility index (Phi) is 5.15. The molecule has 1 saturated heterocycles. The molecule has 0 radical (unpaired) electrons. The second kappa shape index (κ2) is 7.27. The molecule has 0 aromatic heterocycles. The number of benzene rings is 1. The lowest BCUT2D eigenvalue weighted by Gasteiger charge is -2.36. The predicted octanol–water partition coefficient (Wildman–Crippen LogP) is -1.42. The van der Waals surface area contributed by atoms with Crippen LogP contribution in [0, 0.1) is 0 Å². The fourth-order valence-electron chi connectivity index (χ4n) is 1.90. The summed E-state index contributed by atoms with van der Waals surface area (Å²) >= 11 is 0. The van der Waals surface area contributed by atoms with Crippen LogP contribution in [0.25, 0.3) is 5.53 Å². The van der Waals surface area contributed by atoms with Crippen LogP contribution in [0.3, 0.4) is 0 Å². The molecule has 0 saturated carbocycles. The van der Waals surface area contributed by atoms with Crippen LogP contribution in [0.4, 0.5) is 0 Å². The van der Waals surface area contributed by atoms with E-state index in [0.717, 1.165) is 0 Å². The Morgan fingerprint density at radius 2 is 1.96 bits per heavy atom. The summed E-state index contributed by atoms with van der Waals surface area (Å²) in [5, 5.41) is 13.4. The van der Waals surface area contributed by atoms with Crippen LogP contribution in [0.1, 0.15) is 10.4 Å². The molecule has 0 unspecified atom stereocenters. The van der Waals surface area contributed by atoms with Gasteiger partial charge in [-0.25, -0.2) is 4.79 Å². The molecule has 0 bridgehead atoms. The molecule has 1 aromatic rings. The smallest absolute Gasteiger partial charge is 0.443 e. The molecule has 0 aliphatic carbocycles. The minimum atomic E-state index is -1.71. The first-order valence-electron chi connectivity index (χ1n) is 6.70. The van der Waals surface area contributed by atoms with E-state index in [0.29, 0.717) is 5.56 Å². The van der Waals surface area contributed by atoms with Crippen LogP contribution in [-0.4, -0.2) is 58.1 Å². The number of Topliss-reactive ketones (excluding diaryl/α,β-unsaturated/α-hetero) is 1. The van der Waals surface area contributed by atoms with Gasteiger partial charge in [-0.1, -0.05) is 18.2 Å². The van der Waals surface area contributed by atoms with E-state index in [2.05, 4.69) is 15.4 Å². The third-order valence-corrected chi connectivity index (χ3v) is 3.15. The fraction of sp³-hybridized carbons (Fsp3) is 0.214. The standard InChI is InChI=1S/C14H12N4O6/c15-18-9(14(22)23)8(19)6-24-13-10(12(21)17-13)16-11(20)7-4-2-1-3-5-7/h1-5,10,13H,6H2,(H,16,20)(H,17,21)(H,22,23)/t10-,13+/m0/s1. The molecule has 24 heavy (non-hydrogen) atoms. The van der Waals surface area contributed by atoms with Crippen LogP contribution >= 0.6 is 0 Å². The van der Waals surface area contributed by atoms with E-state index in [1.54, 1.807) is 30.3 Å². The van der Waals surface area contributed by atoms with Crippen molar-refractivity contribution in [3.63, 3.8) is 0 Å². The number of amides is 2. The van der Waals surface area contributed by atoms with Gasteiger partial charge in [-0.3, -0.25) is 14.4 Å². The average molecular weight is 332 g/mol. The monoisotopic (exact) mass is 332 g/mol. The quantitative estimate of drug-likeness (QED) is 0.183. The second-order valence-electron chi connectivity index (χ2n) is 4.73. The topological polar surface area (TPSA) is 158 Å². The van der Waals surface area contributed by atoms with Crippen molar-refractivity contribution in [1.29, 1.82) is 0 Å². The first kappa shape index (κ1) is 17.0. The van der Waals surface area contributed by atoms with Gasteiger partial charge in [0.05, 0.1) is 0 Å². The van der Waals surface area contributed by atoms with E-state index < -0.39 is 48.2 Å². The average Bonchev–Trinajstić information content (AvgIpc) is 2.57. The van der Waals surface area contributed by atoms with Gasteiger partial charge in [0.15, 0.2) is 12.3 Å². The summed E-state index contributed by atoms with van der Waals surface area (Å²) in [7, 11) is 0. The summed E-state index contributed by atoms with van der Waals surface area (Å²) in [5.74, 6) is -3.80. The number of carboxylic acids is 1. The summed E-state index contributed by atoms with van der Waals surface area (Å²) in [5.41, 5.74) is 7.69. The van der Waals surface area contributed by atoms with Gasteiger partial charge >= 0.3 is 11.7 Å². The molecular weight excluding hydrogens is 320 g/mol. The molecule has 10 nitrogen and oxygen atoms in total. The number of carbonyl (C=O) groups is 4. The molecule has 124 valence electrons. The van der Waals surface area contributed by atoms with Gasteiger partial charge in [0.2, 0.25) is 5.91 Å². The zero-order chi connectivity index (χ0) is 17.7. The largest absolute Gasteiger partial charge is 0.472 e. The first-order chi connectivity index (χ1) is 11.4. The van der Waals surface area contributed by atoms with Crippen LogP contribution in [0.15, 0.2) is 30.3 Å². The van der Waals surface area contributed by atoms with Crippen LogP contribution in [0.2, 0.25) is 0 Å². The molecule has 0 spiro atoms. The van der Waals surface area contributed by atoms with E-state index in [-0.39, 0.29) is 0 Å². The molecule has 2 atom stereocenters. The number of ketones is 1. The van der Waals surface area contributed by atoms with Gasteiger partial charge in [-0.05, 0) is 12.1 Å². The van der Waals surface area contributed by atoms with Gasteiger partial charge in [0.1, 0.15) is 6.61 Å². The molecule has 1 aliphatic rings. The highest BCUT2D eigenvalue weighted by Gasteiger charge is 2.42. The number of ether oxygens (including phenoxy) is 1. The van der Waals surface area contributed by atoms with Crippen LogP contribution in [0.5, 0.6) is 0 Å². The lowest BCUT2D eigenvalue weighted by Crippen LogP contribution is -2.70. The number of β-lactam (4-membered cyclic amide) rings is 1. The Hall–Kier alpha value is -3.36. The van der Waals surface area contributed by atoms with E-state index in [9.17, 15) is 19.2 Å². The van der Waals surface area contributed by atoms with E-state index >= 15 is 0 Å². The van der Waals surface area contributed by atoms with Crippen molar-refractivity contribution in [3.8, 4) is 0 Å². The first-order valence-corrected chi connectivity index (χ1v) is 6.70. The minimum absolute atomic E-state index is 0.340. The number of hydrogen-bond donors (Lipinski definition) is 3. The number of rotatable bonds is 7. The normalized spacial score (nSPS) is 18.6. The number of carboxylic acid groups (broad SMARTS) is 1. The van der Waals surface area contributed by atoms with E-state index in [1.165, 1.54) is 0 Å². The van der Waals surface area contributed by atoms with E-state index in [1.807, 2.05) is 0 Å². The van der Waals surface area contributed by atoms with Gasteiger partial charge in [-0.2, -0.15) is 4.79 Å². The molecule has 1 fully saturated rings. The van der Waals surface area contributed by atoms with Gasteiger partial charge in [-0.15, -0.1) is 0 Å². The second-order valence-corrected chi connectivity index (χ2v) is 4.73. The van der Waals surface area contributed by atoms with E-state index in [4.69, 9.17) is 15.4 Å². The maximum atomic E-state index is 12.0. The Balaban J connectivity index is 1.92. The zero-order valence-corrected chi connectivity index (χ0v) is 12.1. The maximum absolute atomic E-state index is 12.0. The Labute approximate surface area is 135 Å². The van der Waals surface area contributed by atoms with Crippen LogP contribution < -0.4 is 10.6 Å². The lowest BCUT2D eigenvalue weighted by molar-refractivity contribution is -0.150. The number of nitrogens with one attached hydrogen (secondary N) is 2. The summed E-state index contributed by atoms with van der Waals surface area (Å²) in [6, 6.07) is 7.13. The van der Waals surface area contributed by atoms with Crippen molar-refractivity contribution >= 4 is 29.3 Å². The summed E-state index contributed by atoms with van der Waals surface area (Å²) in [6.07, 6.45) is -0.997. The summed E-state index contributed by atoms with van der Waals surface area (Å²) in [6.45, 7) is -0.742. The summed E-state index contributed by atoms with van der Waals surface area (Å²) < 4.78 is 5.04. The summed E-state index contributed by atoms with van der Waals surface area (Å²) in [4.78, 5) is 48.0. The van der Waals surface area contributed by atoms with Crippen molar-refractivity contribution in [2.75, 3.05) is 6.61 Å². The molecule has 1 aliphatic heterocycles. The predicted molar refractivity (Wildman–Crippen MR) is 76.8 cm³/mol. The van der Waals surface area contributed by atoms with Crippen molar-refractivity contribution in [2.24, 2.45) is 0 Å². The van der Waals surface area contributed by atoms with Crippen LogP contribution in [-0.2, 0) is 19.1 Å². The van der Waals surface area contributed by atoms with Crippen molar-refractivity contribution in [3.05, 3.63) is 41.4 Å². The third kappa shape index (κ3) is 3.69. The highest BCUT2D eigenvalue weighted by molar-refractivity contribution is 6.62. The number of nitrogens with zero attached hydrogens (tertiary/aromatic N) is 2. The van der Waals surface area contributed by atoms with Gasteiger partial charge in [0.25, 0.3) is 11.7 Å². The minimum Gasteiger partial charge on any atom is -0.472 e. The molecule has 10 heteroatoms. The van der Waals surface area contributed by atoms with Crippen molar-refractivity contribution in [2.45, 2.75) is 12.3 Å². The Bertz CT molecular complexity index is 741. The maximum Gasteiger partial charge on any atom is 0.443 e.